The molecule has 0 bridgehead atoms. The highest BCUT2D eigenvalue weighted by Crippen LogP contribution is 2.34. The SMILES string of the molecule is COc1cc(C)c(C)cc1S(=O)(=O)N1CCc2[nH]c3ccc(C)cc3c2C1. The van der Waals surface area contributed by atoms with E-state index in [0.717, 1.165) is 33.3 Å². The second-order valence-corrected chi connectivity index (χ2v) is 9.21. The van der Waals surface area contributed by atoms with Crippen molar-refractivity contribution in [2.24, 2.45) is 0 Å². The number of aryl methyl sites for hydroxylation is 3. The summed E-state index contributed by atoms with van der Waals surface area (Å²) in [5.74, 6) is 0.402. The van der Waals surface area contributed by atoms with Gasteiger partial charge in [0.2, 0.25) is 10.0 Å². The molecule has 0 unspecified atom stereocenters. The van der Waals surface area contributed by atoms with Crippen molar-refractivity contribution in [1.82, 2.24) is 9.29 Å². The number of sulfonamides is 1. The van der Waals surface area contributed by atoms with Crippen molar-refractivity contribution < 1.29 is 13.2 Å². The molecule has 0 fully saturated rings. The van der Waals surface area contributed by atoms with E-state index in [-0.39, 0.29) is 4.90 Å². The third-order valence-corrected chi connectivity index (χ3v) is 7.36. The van der Waals surface area contributed by atoms with E-state index < -0.39 is 10.0 Å². The molecule has 142 valence electrons. The van der Waals surface area contributed by atoms with Gasteiger partial charge in [0.15, 0.2) is 0 Å². The topological polar surface area (TPSA) is 62.4 Å². The number of rotatable bonds is 3. The van der Waals surface area contributed by atoms with Gasteiger partial charge in [-0.2, -0.15) is 4.31 Å². The van der Waals surface area contributed by atoms with Gasteiger partial charge in [0, 0.05) is 36.1 Å². The first-order valence-electron chi connectivity index (χ1n) is 9.06. The lowest BCUT2D eigenvalue weighted by Gasteiger charge is -2.27. The maximum atomic E-state index is 13.4. The number of benzene rings is 2. The van der Waals surface area contributed by atoms with Gasteiger partial charge in [0.25, 0.3) is 0 Å². The van der Waals surface area contributed by atoms with E-state index in [1.165, 1.54) is 12.7 Å². The number of methoxy groups -OCH3 is 1. The Hall–Kier alpha value is -2.31. The van der Waals surface area contributed by atoms with Gasteiger partial charge in [0.05, 0.1) is 7.11 Å². The molecule has 1 aliphatic heterocycles. The lowest BCUT2D eigenvalue weighted by molar-refractivity contribution is 0.377. The van der Waals surface area contributed by atoms with Crippen LogP contribution < -0.4 is 4.74 Å². The molecule has 0 amide bonds. The van der Waals surface area contributed by atoms with Crippen LogP contribution in [0.3, 0.4) is 0 Å². The molecule has 0 aliphatic carbocycles. The van der Waals surface area contributed by atoms with Crippen LogP contribution in [0.2, 0.25) is 0 Å². The summed E-state index contributed by atoms with van der Waals surface area (Å²) in [4.78, 5) is 3.69. The second kappa shape index (κ2) is 6.39. The standard InChI is InChI=1S/C21H24N2O3S/c1-13-5-6-18-16(9-13)17-12-23(8-7-19(17)22-18)27(24,25)21-11-15(3)14(2)10-20(21)26-4/h5-6,9-11,22H,7-8,12H2,1-4H3. The van der Waals surface area contributed by atoms with Crippen molar-refractivity contribution >= 4 is 20.9 Å². The van der Waals surface area contributed by atoms with Crippen molar-refractivity contribution in [1.29, 1.82) is 0 Å². The van der Waals surface area contributed by atoms with Crippen molar-refractivity contribution in [2.75, 3.05) is 13.7 Å². The van der Waals surface area contributed by atoms with E-state index in [4.69, 9.17) is 4.74 Å². The fraction of sp³-hybridized carbons (Fsp3) is 0.333. The maximum absolute atomic E-state index is 13.4. The lowest BCUT2D eigenvalue weighted by atomic mass is 10.0. The van der Waals surface area contributed by atoms with Gasteiger partial charge >= 0.3 is 0 Å². The molecule has 0 spiro atoms. The fourth-order valence-corrected chi connectivity index (χ4v) is 5.40. The van der Waals surface area contributed by atoms with Gasteiger partial charge in [-0.25, -0.2) is 8.42 Å². The second-order valence-electron chi connectivity index (χ2n) is 7.31. The lowest BCUT2D eigenvalue weighted by Crippen LogP contribution is -2.36. The smallest absolute Gasteiger partial charge is 0.247 e. The monoisotopic (exact) mass is 384 g/mol. The third kappa shape index (κ3) is 2.93. The number of nitrogens with one attached hydrogen (secondary N) is 1. The fourth-order valence-electron chi connectivity index (χ4n) is 3.77. The van der Waals surface area contributed by atoms with E-state index in [1.807, 2.05) is 13.8 Å². The third-order valence-electron chi connectivity index (χ3n) is 5.49. The minimum absolute atomic E-state index is 0.243. The van der Waals surface area contributed by atoms with E-state index in [0.29, 0.717) is 25.3 Å². The summed E-state index contributed by atoms with van der Waals surface area (Å²) in [5, 5.41) is 1.11. The number of aromatic nitrogens is 1. The summed E-state index contributed by atoms with van der Waals surface area (Å²) in [5.41, 5.74) is 6.39. The van der Waals surface area contributed by atoms with Gasteiger partial charge in [-0.3, -0.25) is 0 Å². The predicted octanol–water partition coefficient (Wildman–Crippen LogP) is 3.85. The first-order chi connectivity index (χ1) is 12.8. The first-order valence-corrected chi connectivity index (χ1v) is 10.5. The Morgan fingerprint density at radius 3 is 2.56 bits per heavy atom. The Labute approximate surface area is 160 Å². The average Bonchev–Trinajstić information content (AvgIpc) is 3.00. The molecule has 0 atom stereocenters. The van der Waals surface area contributed by atoms with Crippen LogP contribution in [0.15, 0.2) is 35.2 Å². The Kier molecular flexibility index (Phi) is 4.28. The number of hydrogen-bond acceptors (Lipinski definition) is 3. The minimum Gasteiger partial charge on any atom is -0.495 e. The number of hydrogen-bond donors (Lipinski definition) is 1. The summed E-state index contributed by atoms with van der Waals surface area (Å²) in [6.45, 7) is 6.75. The number of ether oxygens (including phenoxy) is 1. The highest BCUT2D eigenvalue weighted by atomic mass is 32.2. The van der Waals surface area contributed by atoms with Gasteiger partial charge in [0.1, 0.15) is 10.6 Å². The minimum atomic E-state index is -3.65. The van der Waals surface area contributed by atoms with E-state index in [2.05, 4.69) is 30.1 Å². The zero-order valence-corrected chi connectivity index (χ0v) is 16.9. The number of aromatic amines is 1. The molecule has 6 heteroatoms. The predicted molar refractivity (Wildman–Crippen MR) is 107 cm³/mol. The van der Waals surface area contributed by atoms with Gasteiger partial charge in [-0.05, 0) is 61.7 Å². The summed E-state index contributed by atoms with van der Waals surface area (Å²) >= 11 is 0. The molecule has 3 aromatic rings. The zero-order chi connectivity index (χ0) is 19.3. The molecule has 1 aromatic heterocycles. The van der Waals surface area contributed by atoms with Crippen LogP contribution in [-0.2, 0) is 23.0 Å². The molecule has 0 saturated heterocycles. The largest absolute Gasteiger partial charge is 0.495 e. The molecule has 0 saturated carbocycles. The molecule has 5 nitrogen and oxygen atoms in total. The number of nitrogens with zero attached hydrogens (tertiary/aromatic N) is 1. The number of fused-ring (bicyclic) bond motifs is 3. The average molecular weight is 385 g/mol. The van der Waals surface area contributed by atoms with E-state index in [9.17, 15) is 8.42 Å². The zero-order valence-electron chi connectivity index (χ0n) is 16.1. The van der Waals surface area contributed by atoms with Crippen LogP contribution >= 0.6 is 0 Å². The number of H-pyrrole nitrogens is 1. The summed E-state index contributed by atoms with van der Waals surface area (Å²) in [7, 11) is -2.14. The van der Waals surface area contributed by atoms with E-state index >= 15 is 0 Å². The Bertz CT molecular complexity index is 1150. The molecule has 2 heterocycles. The normalized spacial score (nSPS) is 15.1. The first kappa shape index (κ1) is 18.1. The van der Waals surface area contributed by atoms with Gasteiger partial charge in [-0.1, -0.05) is 11.6 Å². The molecule has 1 aliphatic rings. The van der Waals surface area contributed by atoms with Crippen LogP contribution in [0.4, 0.5) is 0 Å². The summed E-state index contributed by atoms with van der Waals surface area (Å²) < 4.78 is 33.8. The molecular formula is C21H24N2O3S. The van der Waals surface area contributed by atoms with Crippen LogP contribution in [-0.4, -0.2) is 31.4 Å². The highest BCUT2D eigenvalue weighted by Gasteiger charge is 2.32. The molecular weight excluding hydrogens is 360 g/mol. The molecule has 1 N–H and O–H groups in total. The summed E-state index contributed by atoms with van der Waals surface area (Å²) in [6, 6.07) is 9.77. The van der Waals surface area contributed by atoms with Gasteiger partial charge < -0.3 is 9.72 Å². The van der Waals surface area contributed by atoms with Crippen molar-refractivity contribution in [3.63, 3.8) is 0 Å². The van der Waals surface area contributed by atoms with Crippen molar-refractivity contribution in [2.45, 2.75) is 38.6 Å². The van der Waals surface area contributed by atoms with Gasteiger partial charge in [-0.15, -0.1) is 0 Å². The maximum Gasteiger partial charge on any atom is 0.247 e. The Morgan fingerprint density at radius 1 is 1.07 bits per heavy atom. The van der Waals surface area contributed by atoms with E-state index in [1.54, 1.807) is 16.4 Å². The quantitative estimate of drug-likeness (QED) is 0.746. The highest BCUT2D eigenvalue weighted by molar-refractivity contribution is 7.89. The van der Waals surface area contributed by atoms with Crippen LogP contribution in [0.1, 0.15) is 27.9 Å². The molecule has 4 rings (SSSR count). The van der Waals surface area contributed by atoms with Crippen LogP contribution in [0, 0.1) is 20.8 Å². The molecule has 0 radical (unpaired) electrons. The van der Waals surface area contributed by atoms with Crippen molar-refractivity contribution in [3.05, 3.63) is 58.3 Å². The Morgan fingerprint density at radius 2 is 1.81 bits per heavy atom. The van der Waals surface area contributed by atoms with Crippen LogP contribution in [0.25, 0.3) is 10.9 Å². The summed E-state index contributed by atoms with van der Waals surface area (Å²) in [6.07, 6.45) is 0.676. The Balaban J connectivity index is 1.78. The molecule has 2 aromatic carbocycles. The van der Waals surface area contributed by atoms with Crippen molar-refractivity contribution in [3.8, 4) is 5.75 Å². The molecule has 27 heavy (non-hydrogen) atoms. The van der Waals surface area contributed by atoms with Crippen LogP contribution in [0.5, 0.6) is 5.75 Å².